The molecule has 6 nitrogen and oxygen atoms in total. The van der Waals surface area contributed by atoms with Crippen LogP contribution in [0.3, 0.4) is 0 Å². The number of imidazole rings is 1. The Morgan fingerprint density at radius 3 is 3.12 bits per heavy atom. The van der Waals surface area contributed by atoms with Gasteiger partial charge >= 0.3 is 6.01 Å². The Balaban J connectivity index is 2.27. The Morgan fingerprint density at radius 1 is 1.41 bits per heavy atom. The molecule has 84 valence electrons. The van der Waals surface area contributed by atoms with E-state index in [2.05, 4.69) is 32.2 Å². The van der Waals surface area contributed by atoms with Gasteiger partial charge in [0, 0.05) is 0 Å². The zero-order valence-corrected chi connectivity index (χ0v) is 9.27. The largest absolute Gasteiger partial charge is 0.463 e. The van der Waals surface area contributed by atoms with E-state index in [1.165, 1.54) is 6.33 Å². The lowest BCUT2D eigenvalue weighted by Crippen LogP contribution is -1.97. The standard InChI is InChI=1S/C10H6N4O2S/c17-5-16-10-13-7(6-2-1-3-15-6)8-9(14-10)12-4-11-8/h1-5H,(H,11,12,13,14). The number of aromatic nitrogens is 4. The quantitative estimate of drug-likeness (QED) is 0.712. The van der Waals surface area contributed by atoms with Gasteiger partial charge in [0.25, 0.3) is 0 Å². The minimum Gasteiger partial charge on any atom is -0.463 e. The number of hydrogen-bond donors (Lipinski definition) is 1. The molecule has 0 aromatic carbocycles. The number of nitrogens with one attached hydrogen (secondary N) is 1. The van der Waals surface area contributed by atoms with E-state index in [4.69, 9.17) is 9.15 Å². The van der Waals surface area contributed by atoms with Gasteiger partial charge in [-0.15, -0.1) is 0 Å². The third kappa shape index (κ3) is 1.66. The number of furan rings is 1. The van der Waals surface area contributed by atoms with E-state index in [9.17, 15) is 0 Å². The number of hydrogen-bond acceptors (Lipinski definition) is 6. The lowest BCUT2D eigenvalue weighted by atomic mass is 10.3. The smallest absolute Gasteiger partial charge is 0.325 e. The van der Waals surface area contributed by atoms with Crippen LogP contribution in [0.25, 0.3) is 22.6 Å². The first-order valence-electron chi connectivity index (χ1n) is 4.74. The highest BCUT2D eigenvalue weighted by Gasteiger charge is 2.14. The van der Waals surface area contributed by atoms with Crippen molar-refractivity contribution >= 4 is 28.9 Å². The Kier molecular flexibility index (Phi) is 2.30. The van der Waals surface area contributed by atoms with Crippen molar-refractivity contribution in [2.75, 3.05) is 0 Å². The molecule has 0 amide bonds. The first-order chi connectivity index (χ1) is 8.38. The van der Waals surface area contributed by atoms with Crippen molar-refractivity contribution in [3.63, 3.8) is 0 Å². The van der Waals surface area contributed by atoms with Crippen molar-refractivity contribution in [1.82, 2.24) is 19.9 Å². The van der Waals surface area contributed by atoms with Crippen LogP contribution in [0, 0.1) is 0 Å². The maximum Gasteiger partial charge on any atom is 0.325 e. The highest BCUT2D eigenvalue weighted by molar-refractivity contribution is 7.78. The number of thiocarbonyl (C=S) groups is 1. The van der Waals surface area contributed by atoms with Crippen molar-refractivity contribution in [2.24, 2.45) is 0 Å². The molecule has 7 heteroatoms. The van der Waals surface area contributed by atoms with Gasteiger partial charge in [0.1, 0.15) is 11.2 Å². The van der Waals surface area contributed by atoms with Crippen molar-refractivity contribution in [3.05, 3.63) is 24.7 Å². The third-order valence-corrected chi connectivity index (χ3v) is 2.27. The van der Waals surface area contributed by atoms with Crippen LogP contribution in [0.1, 0.15) is 0 Å². The molecule has 0 radical (unpaired) electrons. The van der Waals surface area contributed by atoms with Crippen molar-refractivity contribution < 1.29 is 9.15 Å². The molecule has 0 aliphatic heterocycles. The lowest BCUT2D eigenvalue weighted by Gasteiger charge is -2.01. The highest BCUT2D eigenvalue weighted by atomic mass is 32.1. The topological polar surface area (TPSA) is 76.8 Å². The molecule has 0 saturated carbocycles. The van der Waals surface area contributed by atoms with Gasteiger partial charge in [-0.25, -0.2) is 4.98 Å². The summed E-state index contributed by atoms with van der Waals surface area (Å²) >= 11 is 4.60. The molecule has 3 aromatic heterocycles. The van der Waals surface area contributed by atoms with Gasteiger partial charge < -0.3 is 14.1 Å². The first kappa shape index (κ1) is 9.91. The zero-order valence-electron chi connectivity index (χ0n) is 8.45. The molecule has 0 aliphatic rings. The second-order valence-corrected chi connectivity index (χ2v) is 3.34. The van der Waals surface area contributed by atoms with Crippen LogP contribution >= 0.6 is 12.2 Å². The summed E-state index contributed by atoms with van der Waals surface area (Å²) in [5.41, 5.74) is 2.87. The molecule has 3 rings (SSSR count). The fourth-order valence-corrected chi connectivity index (χ4v) is 1.59. The summed E-state index contributed by atoms with van der Waals surface area (Å²) in [6.07, 6.45) is 3.10. The molecule has 17 heavy (non-hydrogen) atoms. The number of aromatic amines is 1. The van der Waals surface area contributed by atoms with Crippen LogP contribution in [0.2, 0.25) is 0 Å². The minimum atomic E-state index is 0.144. The molecule has 3 aromatic rings. The fourth-order valence-electron chi connectivity index (χ4n) is 1.50. The summed E-state index contributed by atoms with van der Waals surface area (Å²) in [5, 5.41) is 0. The maximum absolute atomic E-state index is 5.30. The molecule has 0 bridgehead atoms. The number of ether oxygens (including phenoxy) is 1. The van der Waals surface area contributed by atoms with Crippen LogP contribution < -0.4 is 4.74 Å². The van der Waals surface area contributed by atoms with Crippen LogP contribution in [0.15, 0.2) is 29.1 Å². The van der Waals surface area contributed by atoms with Gasteiger partial charge in [0.15, 0.2) is 17.0 Å². The van der Waals surface area contributed by atoms with Crippen LogP contribution in [0.5, 0.6) is 6.01 Å². The predicted octanol–water partition coefficient (Wildman–Crippen LogP) is 1.95. The molecule has 0 spiro atoms. The Labute approximate surface area is 101 Å². The van der Waals surface area contributed by atoms with E-state index < -0.39 is 0 Å². The Bertz CT molecular complexity index is 662. The predicted molar refractivity (Wildman–Crippen MR) is 63.7 cm³/mol. The Hall–Kier alpha value is -2.28. The molecule has 1 N–H and O–H groups in total. The second kappa shape index (κ2) is 3.95. The number of nitrogens with zero attached hydrogens (tertiary/aromatic N) is 3. The molecular weight excluding hydrogens is 240 g/mol. The summed E-state index contributed by atoms with van der Waals surface area (Å²) in [6, 6.07) is 3.72. The van der Waals surface area contributed by atoms with E-state index in [-0.39, 0.29) is 6.01 Å². The molecule has 0 saturated heterocycles. The van der Waals surface area contributed by atoms with Gasteiger partial charge in [-0.3, -0.25) is 0 Å². The molecule has 0 fully saturated rings. The Morgan fingerprint density at radius 2 is 2.35 bits per heavy atom. The SMILES string of the molecule is S=COc1nc(-c2ccco2)c2[nH]cnc2n1. The first-order valence-corrected chi connectivity index (χ1v) is 5.21. The fraction of sp³-hybridized carbons (Fsp3) is 0. The van der Waals surface area contributed by atoms with Crippen molar-refractivity contribution in [1.29, 1.82) is 0 Å². The summed E-state index contributed by atoms with van der Waals surface area (Å²) in [5.74, 6) is 0.607. The highest BCUT2D eigenvalue weighted by Crippen LogP contribution is 2.25. The average molecular weight is 246 g/mol. The van der Waals surface area contributed by atoms with Crippen LogP contribution in [-0.2, 0) is 0 Å². The van der Waals surface area contributed by atoms with E-state index in [1.54, 1.807) is 18.4 Å². The zero-order chi connectivity index (χ0) is 11.7. The van der Waals surface area contributed by atoms with Crippen molar-refractivity contribution in [3.8, 4) is 17.5 Å². The van der Waals surface area contributed by atoms with Gasteiger partial charge in [0.2, 0.25) is 0 Å². The molecule has 0 atom stereocenters. The van der Waals surface area contributed by atoms with Crippen molar-refractivity contribution in [2.45, 2.75) is 0 Å². The van der Waals surface area contributed by atoms with E-state index in [0.717, 1.165) is 5.55 Å². The lowest BCUT2D eigenvalue weighted by molar-refractivity contribution is 0.532. The normalized spacial score (nSPS) is 10.6. The van der Waals surface area contributed by atoms with E-state index >= 15 is 0 Å². The second-order valence-electron chi connectivity index (χ2n) is 3.15. The van der Waals surface area contributed by atoms with Gasteiger partial charge in [-0.2, -0.15) is 9.97 Å². The molecular formula is C10H6N4O2S. The minimum absolute atomic E-state index is 0.144. The summed E-state index contributed by atoms with van der Waals surface area (Å²) in [4.78, 5) is 15.3. The van der Waals surface area contributed by atoms with E-state index in [1.807, 2.05) is 0 Å². The third-order valence-electron chi connectivity index (χ3n) is 2.17. The molecule has 3 heterocycles. The van der Waals surface area contributed by atoms with Crippen LogP contribution in [0.4, 0.5) is 0 Å². The number of H-pyrrole nitrogens is 1. The van der Waals surface area contributed by atoms with E-state index in [0.29, 0.717) is 22.6 Å². The summed E-state index contributed by atoms with van der Waals surface area (Å²) in [6.45, 7) is 0. The monoisotopic (exact) mass is 246 g/mol. The number of rotatable bonds is 3. The average Bonchev–Trinajstić information content (AvgIpc) is 2.99. The van der Waals surface area contributed by atoms with Gasteiger partial charge in [0.05, 0.1) is 12.6 Å². The van der Waals surface area contributed by atoms with Gasteiger partial charge in [-0.1, -0.05) is 0 Å². The van der Waals surface area contributed by atoms with Crippen LogP contribution in [-0.4, -0.2) is 25.5 Å². The molecule has 0 aliphatic carbocycles. The van der Waals surface area contributed by atoms with Gasteiger partial charge in [-0.05, 0) is 24.4 Å². The maximum atomic E-state index is 5.30. The summed E-state index contributed by atoms with van der Waals surface area (Å²) in [7, 11) is 0. The molecule has 0 unspecified atom stereocenters. The number of fused-ring (bicyclic) bond motifs is 1. The summed E-state index contributed by atoms with van der Waals surface area (Å²) < 4.78 is 10.3.